The molecule has 0 N–H and O–H groups in total. The molecule has 2 saturated carbocycles. The van der Waals surface area contributed by atoms with Crippen LogP contribution < -0.4 is 31.1 Å². The van der Waals surface area contributed by atoms with Crippen LogP contribution in [0.15, 0.2) is 109 Å². The number of rotatable bonds is 2. The highest BCUT2D eigenvalue weighted by Crippen LogP contribution is 2.64. The summed E-state index contributed by atoms with van der Waals surface area (Å²) in [5, 5.41) is 0. The summed E-state index contributed by atoms with van der Waals surface area (Å²) in [4.78, 5) is 8.38. The van der Waals surface area contributed by atoms with E-state index < -0.39 is 0 Å². The zero-order valence-electron chi connectivity index (χ0n) is 40.0. The van der Waals surface area contributed by atoms with E-state index in [1.54, 1.807) is 11.1 Å². The molecule has 0 amide bonds. The molecule has 3 aliphatic carbocycles. The minimum absolute atomic E-state index is 0.00659. The van der Waals surface area contributed by atoms with Crippen LogP contribution in [-0.4, -0.2) is 17.8 Å². The molecule has 2 fully saturated rings. The molecule has 322 valence electrons. The summed E-state index contributed by atoms with van der Waals surface area (Å²) >= 11 is 0. The molecule has 6 aromatic rings. The Morgan fingerprint density at radius 2 is 1.16 bits per heavy atom. The maximum absolute atomic E-state index is 2.87. The Balaban J connectivity index is 1.09. The molecule has 0 saturated heterocycles. The van der Waals surface area contributed by atoms with Gasteiger partial charge in [0.1, 0.15) is 0 Å². The van der Waals surface area contributed by atoms with Crippen molar-refractivity contribution in [3.8, 4) is 11.1 Å². The van der Waals surface area contributed by atoms with Crippen molar-refractivity contribution in [3.05, 3.63) is 143 Å². The van der Waals surface area contributed by atoms with Crippen molar-refractivity contribution < 1.29 is 0 Å². The highest BCUT2D eigenvalue weighted by atomic mass is 15.3. The molecule has 7 aliphatic rings. The van der Waals surface area contributed by atoms with Gasteiger partial charge < -0.3 is 14.7 Å². The average molecular weight is 838 g/mol. The number of hydrogen-bond acceptors (Lipinski definition) is 3. The highest BCUT2D eigenvalue weighted by Gasteiger charge is 2.62. The van der Waals surface area contributed by atoms with Crippen LogP contribution in [-0.2, 0) is 21.7 Å². The molecule has 3 nitrogen and oxygen atoms in total. The summed E-state index contributed by atoms with van der Waals surface area (Å²) in [5.74, 6) is 0. The number of anilines is 7. The van der Waals surface area contributed by atoms with E-state index in [0.29, 0.717) is 0 Å². The number of hydrogen-bond donors (Lipinski definition) is 0. The normalized spacial score (nSPS) is 27.3. The Labute approximate surface area is 383 Å². The van der Waals surface area contributed by atoms with E-state index in [1.165, 1.54) is 141 Å². The van der Waals surface area contributed by atoms with Gasteiger partial charge in [0.2, 0.25) is 0 Å². The second kappa shape index (κ2) is 12.4. The molecule has 6 aromatic carbocycles. The first-order valence-corrected chi connectivity index (χ1v) is 24.7. The first-order valence-electron chi connectivity index (χ1n) is 24.7. The van der Waals surface area contributed by atoms with Crippen LogP contribution in [0.1, 0.15) is 147 Å². The van der Waals surface area contributed by atoms with Crippen LogP contribution in [0, 0.1) is 6.92 Å². The zero-order chi connectivity index (χ0) is 44.1. The molecule has 64 heavy (non-hydrogen) atoms. The summed E-state index contributed by atoms with van der Waals surface area (Å²) in [6.07, 6.45) is 9.97. The summed E-state index contributed by atoms with van der Waals surface area (Å²) in [5.41, 5.74) is 25.5. The predicted molar refractivity (Wildman–Crippen MR) is 272 cm³/mol. The van der Waals surface area contributed by atoms with Gasteiger partial charge in [-0.05, 0) is 155 Å². The van der Waals surface area contributed by atoms with Gasteiger partial charge >= 0.3 is 0 Å². The topological polar surface area (TPSA) is 9.72 Å². The molecular formula is C60H64BN3. The van der Waals surface area contributed by atoms with Gasteiger partial charge in [0, 0.05) is 56.1 Å². The quantitative estimate of drug-likeness (QED) is 0.161. The minimum atomic E-state index is -0.104. The van der Waals surface area contributed by atoms with E-state index in [-0.39, 0.29) is 39.5 Å². The van der Waals surface area contributed by atoms with Gasteiger partial charge in [0.05, 0.1) is 11.1 Å². The fourth-order valence-electron chi connectivity index (χ4n) is 15.3. The molecule has 0 aromatic heterocycles. The number of aryl methyl sites for hydroxylation is 1. The number of benzene rings is 6. The lowest BCUT2D eigenvalue weighted by Gasteiger charge is -2.53. The Morgan fingerprint density at radius 1 is 0.500 bits per heavy atom. The van der Waals surface area contributed by atoms with Gasteiger partial charge in [-0.15, -0.1) is 0 Å². The van der Waals surface area contributed by atoms with E-state index in [2.05, 4.69) is 193 Å². The van der Waals surface area contributed by atoms with Crippen molar-refractivity contribution in [2.45, 2.75) is 153 Å². The maximum Gasteiger partial charge on any atom is 0.252 e. The third-order valence-electron chi connectivity index (χ3n) is 19.1. The van der Waals surface area contributed by atoms with Crippen LogP contribution >= 0.6 is 0 Å². The third-order valence-corrected chi connectivity index (χ3v) is 19.1. The molecule has 0 bridgehead atoms. The predicted octanol–water partition coefficient (Wildman–Crippen LogP) is 13.7. The second-order valence-electron chi connectivity index (χ2n) is 23.7. The molecule has 4 aliphatic heterocycles. The third kappa shape index (κ3) is 4.56. The number of para-hydroxylation sites is 1. The number of fused-ring (bicyclic) bond motifs is 13. The molecular weight excluding hydrogens is 773 g/mol. The smallest absolute Gasteiger partial charge is 0.252 e. The number of nitrogens with zero attached hydrogens (tertiary/aromatic N) is 3. The van der Waals surface area contributed by atoms with Gasteiger partial charge in [-0.25, -0.2) is 0 Å². The van der Waals surface area contributed by atoms with Crippen LogP contribution in [0.2, 0.25) is 0 Å². The fourth-order valence-corrected chi connectivity index (χ4v) is 15.3. The lowest BCUT2D eigenvalue weighted by atomic mass is 9.33. The summed E-state index contributed by atoms with van der Waals surface area (Å²) in [6.45, 7) is 24.8. The highest BCUT2D eigenvalue weighted by molar-refractivity contribution is 7.00. The Hall–Kier alpha value is -5.22. The van der Waals surface area contributed by atoms with Gasteiger partial charge in [-0.2, -0.15) is 0 Å². The lowest BCUT2D eigenvalue weighted by Crippen LogP contribution is -2.64. The Kier molecular flexibility index (Phi) is 7.57. The van der Waals surface area contributed by atoms with Crippen molar-refractivity contribution >= 4 is 62.9 Å². The SMILES string of the molecule is Cc1cc2c3c(c1)N1c4c(cccc4C4(C)CCCCC14C)B3c1ccc(N3c4ccc(C(C)(C)C)cc4C4(C)CCCCC34C)cc1N2c1ccc2c(c1)C(C)(C)c1ccccc1-2. The van der Waals surface area contributed by atoms with Crippen molar-refractivity contribution in [2.24, 2.45) is 0 Å². The van der Waals surface area contributed by atoms with Crippen LogP contribution in [0.25, 0.3) is 11.1 Å². The maximum atomic E-state index is 2.87. The zero-order valence-corrected chi connectivity index (χ0v) is 40.0. The van der Waals surface area contributed by atoms with Gasteiger partial charge in [0.15, 0.2) is 0 Å². The van der Waals surface area contributed by atoms with E-state index >= 15 is 0 Å². The first kappa shape index (κ1) is 39.2. The van der Waals surface area contributed by atoms with Crippen molar-refractivity contribution in [2.75, 3.05) is 14.7 Å². The lowest BCUT2D eigenvalue weighted by molar-refractivity contribution is 0.195. The van der Waals surface area contributed by atoms with Gasteiger partial charge in [-0.3, -0.25) is 0 Å². The van der Waals surface area contributed by atoms with Gasteiger partial charge in [0.25, 0.3) is 6.71 Å². The van der Waals surface area contributed by atoms with Crippen molar-refractivity contribution in [1.82, 2.24) is 0 Å². The first-order chi connectivity index (χ1) is 30.5. The Morgan fingerprint density at radius 3 is 1.92 bits per heavy atom. The van der Waals surface area contributed by atoms with Gasteiger partial charge in [-0.1, -0.05) is 141 Å². The molecule has 0 spiro atoms. The average Bonchev–Trinajstić information content (AvgIpc) is 3.73. The van der Waals surface area contributed by atoms with E-state index in [0.717, 1.165) is 0 Å². The van der Waals surface area contributed by atoms with E-state index in [1.807, 2.05) is 0 Å². The van der Waals surface area contributed by atoms with Crippen LogP contribution in [0.3, 0.4) is 0 Å². The van der Waals surface area contributed by atoms with Crippen molar-refractivity contribution in [1.29, 1.82) is 0 Å². The Bertz CT molecular complexity index is 3040. The molecule has 4 heteroatoms. The monoisotopic (exact) mass is 838 g/mol. The summed E-state index contributed by atoms with van der Waals surface area (Å²) in [7, 11) is 0. The van der Waals surface area contributed by atoms with E-state index in [9.17, 15) is 0 Å². The molecule has 4 atom stereocenters. The van der Waals surface area contributed by atoms with Crippen LogP contribution in [0.4, 0.5) is 39.8 Å². The fraction of sp³-hybridized carbons (Fsp3) is 0.400. The van der Waals surface area contributed by atoms with Crippen LogP contribution in [0.5, 0.6) is 0 Å². The van der Waals surface area contributed by atoms with Crippen molar-refractivity contribution in [3.63, 3.8) is 0 Å². The molecule has 13 rings (SSSR count). The summed E-state index contributed by atoms with van der Waals surface area (Å²) < 4.78 is 0. The molecule has 4 unspecified atom stereocenters. The molecule has 0 radical (unpaired) electrons. The summed E-state index contributed by atoms with van der Waals surface area (Å²) in [6, 6.07) is 44.2. The van der Waals surface area contributed by atoms with E-state index in [4.69, 9.17) is 0 Å². The molecule has 4 heterocycles. The minimum Gasteiger partial charge on any atom is -0.335 e. The second-order valence-corrected chi connectivity index (χ2v) is 23.7. The largest absolute Gasteiger partial charge is 0.335 e. The standard InChI is InChI=1S/C60H64BN3/c1-37-32-51-53-52(33-37)64-54-44(57(7)28-13-16-31-60(57,64)10)20-17-21-48(54)61(53)47-26-24-40(63-49-27-22-38(55(2,3)4)34-46(49)58(8)29-14-15-30-59(58,63)9)36-50(47)62(51)39-23-25-42-41-18-11-12-19-43(41)56(5,6)45(42)35-39/h11-12,17-27,32-36H,13-16,28-31H2,1-10H3.